The summed E-state index contributed by atoms with van der Waals surface area (Å²) in [5, 5.41) is 10.8. The first-order valence-corrected chi connectivity index (χ1v) is 11.3. The number of hydrogen-bond acceptors (Lipinski definition) is 2. The van der Waals surface area contributed by atoms with Crippen LogP contribution < -0.4 is 0 Å². The summed E-state index contributed by atoms with van der Waals surface area (Å²) < 4.78 is 5.66. The first kappa shape index (κ1) is 18.7. The highest BCUT2D eigenvalue weighted by Gasteiger charge is 2.60. The monoisotopic (exact) mass is 458 g/mol. The van der Waals surface area contributed by atoms with Crippen molar-refractivity contribution < 1.29 is 8.17 Å². The van der Waals surface area contributed by atoms with Crippen LogP contribution in [0.25, 0.3) is 0 Å². The van der Waals surface area contributed by atoms with Gasteiger partial charge in [-0.05, 0) is 99.7 Å². The zero-order valence-corrected chi connectivity index (χ0v) is 18.5. The molecule has 3 saturated carbocycles. The van der Waals surface area contributed by atoms with Gasteiger partial charge < -0.3 is 8.17 Å². The van der Waals surface area contributed by atoms with Gasteiger partial charge in [0.25, 0.3) is 0 Å². The highest BCUT2D eigenvalue weighted by atomic mass is 127. The largest absolute Gasteiger partial charge is 0.390 e. The van der Waals surface area contributed by atoms with E-state index < -0.39 is 5.60 Å². The second kappa shape index (κ2) is 6.20. The number of allylic oxidation sites excluding steroid dienone is 1. The Kier molecular flexibility index (Phi) is 4.65. The Hall–Kier alpha value is 0.390. The van der Waals surface area contributed by atoms with Crippen LogP contribution in [0.5, 0.6) is 0 Å². The number of rotatable bonds is 2. The summed E-state index contributed by atoms with van der Waals surface area (Å²) in [5.41, 5.74) is 1.90. The van der Waals surface area contributed by atoms with Gasteiger partial charge in [-0.25, -0.2) is 0 Å². The van der Waals surface area contributed by atoms with E-state index in [2.05, 4.69) is 42.9 Å². The van der Waals surface area contributed by atoms with Crippen LogP contribution in [0.2, 0.25) is 0 Å². The molecule has 0 radical (unpaired) electrons. The van der Waals surface area contributed by atoms with E-state index >= 15 is 0 Å². The molecule has 0 aliphatic heterocycles. The lowest BCUT2D eigenvalue weighted by atomic mass is 9.47. The van der Waals surface area contributed by atoms with Gasteiger partial charge in [-0.15, -0.1) is 0 Å². The zero-order valence-electron chi connectivity index (χ0n) is 16.4. The van der Waals surface area contributed by atoms with Crippen molar-refractivity contribution in [2.24, 2.45) is 34.5 Å². The third-order valence-corrected chi connectivity index (χ3v) is 9.76. The van der Waals surface area contributed by atoms with E-state index in [4.69, 9.17) is 3.07 Å². The SMILES string of the molecule is CC(C)(O)C1CCC2C3CC=C4C[C@@H](OI)CC[C@]4(C)C3CC[C@@]21C. The summed E-state index contributed by atoms with van der Waals surface area (Å²) in [5.74, 6) is 2.95. The van der Waals surface area contributed by atoms with E-state index in [0.29, 0.717) is 22.9 Å². The fourth-order valence-corrected chi connectivity index (χ4v) is 8.30. The van der Waals surface area contributed by atoms with Crippen molar-refractivity contribution in [2.75, 3.05) is 0 Å². The number of halogens is 1. The van der Waals surface area contributed by atoms with Gasteiger partial charge in [0.15, 0.2) is 0 Å². The van der Waals surface area contributed by atoms with E-state index in [9.17, 15) is 5.11 Å². The first-order chi connectivity index (χ1) is 11.7. The molecule has 142 valence electrons. The molecule has 25 heavy (non-hydrogen) atoms. The minimum absolute atomic E-state index is 0.337. The molecule has 3 heteroatoms. The van der Waals surface area contributed by atoms with Crippen molar-refractivity contribution >= 4 is 23.0 Å². The van der Waals surface area contributed by atoms with Crippen LogP contribution in [-0.2, 0) is 3.07 Å². The summed E-state index contributed by atoms with van der Waals surface area (Å²) in [6.45, 7) is 9.15. The van der Waals surface area contributed by atoms with Crippen LogP contribution in [0.4, 0.5) is 0 Å². The molecule has 0 spiro atoms. The molecule has 7 atom stereocenters. The molecule has 0 aromatic carbocycles. The van der Waals surface area contributed by atoms with E-state index in [1.54, 1.807) is 5.57 Å². The third-order valence-electron chi connectivity index (χ3n) is 9.04. The third kappa shape index (κ3) is 2.77. The van der Waals surface area contributed by atoms with E-state index in [-0.39, 0.29) is 0 Å². The van der Waals surface area contributed by atoms with Gasteiger partial charge in [-0.3, -0.25) is 0 Å². The average Bonchev–Trinajstić information content (AvgIpc) is 2.91. The molecular formula is C22H35IO2. The molecule has 4 aliphatic carbocycles. The predicted octanol–water partition coefficient (Wildman–Crippen LogP) is 6.07. The lowest BCUT2D eigenvalue weighted by Gasteiger charge is -2.58. The maximum Gasteiger partial charge on any atom is 0.110 e. The lowest BCUT2D eigenvalue weighted by molar-refractivity contribution is -0.0938. The van der Waals surface area contributed by atoms with Crippen molar-refractivity contribution in [3.63, 3.8) is 0 Å². The van der Waals surface area contributed by atoms with E-state index in [1.807, 2.05) is 13.8 Å². The van der Waals surface area contributed by atoms with Crippen molar-refractivity contribution in [3.8, 4) is 0 Å². The highest BCUT2D eigenvalue weighted by Crippen LogP contribution is 2.67. The van der Waals surface area contributed by atoms with Crippen molar-refractivity contribution in [3.05, 3.63) is 11.6 Å². The Labute approximate surface area is 167 Å². The Bertz CT molecular complexity index is 565. The molecule has 4 aliphatic rings. The molecule has 0 amide bonds. The van der Waals surface area contributed by atoms with Crippen LogP contribution >= 0.6 is 23.0 Å². The maximum atomic E-state index is 10.8. The molecule has 2 nitrogen and oxygen atoms in total. The quantitative estimate of drug-likeness (QED) is 0.402. The van der Waals surface area contributed by atoms with Crippen LogP contribution in [0.3, 0.4) is 0 Å². The second-order valence-corrected chi connectivity index (χ2v) is 11.0. The smallest absolute Gasteiger partial charge is 0.110 e. The van der Waals surface area contributed by atoms with Gasteiger partial charge >= 0.3 is 0 Å². The maximum absolute atomic E-state index is 10.8. The predicted molar refractivity (Wildman–Crippen MR) is 110 cm³/mol. The Morgan fingerprint density at radius 3 is 2.56 bits per heavy atom. The molecular weight excluding hydrogens is 423 g/mol. The van der Waals surface area contributed by atoms with Crippen molar-refractivity contribution in [1.82, 2.24) is 0 Å². The highest BCUT2D eigenvalue weighted by molar-refractivity contribution is 14.1. The minimum Gasteiger partial charge on any atom is -0.390 e. The van der Waals surface area contributed by atoms with Crippen LogP contribution in [0.1, 0.15) is 79.1 Å². The molecule has 0 aromatic rings. The fraction of sp³-hybridized carbons (Fsp3) is 0.909. The van der Waals surface area contributed by atoms with Gasteiger partial charge in [0.05, 0.1) is 11.7 Å². The van der Waals surface area contributed by atoms with Crippen LogP contribution in [0.15, 0.2) is 11.6 Å². The summed E-state index contributed by atoms with van der Waals surface area (Å²) in [6.07, 6.45) is 13.2. The summed E-state index contributed by atoms with van der Waals surface area (Å²) in [6, 6.07) is 0. The van der Waals surface area contributed by atoms with Crippen molar-refractivity contribution in [2.45, 2.75) is 90.8 Å². The van der Waals surface area contributed by atoms with Gasteiger partial charge in [-0.1, -0.05) is 25.5 Å². The van der Waals surface area contributed by atoms with Crippen molar-refractivity contribution in [1.29, 1.82) is 0 Å². The average molecular weight is 458 g/mol. The number of aliphatic hydroxyl groups is 1. The Balaban J connectivity index is 1.63. The normalized spacial score (nSPS) is 49.8. The Morgan fingerprint density at radius 2 is 1.88 bits per heavy atom. The number of hydrogen-bond donors (Lipinski definition) is 1. The molecule has 4 rings (SSSR count). The fourth-order valence-electron chi connectivity index (χ4n) is 7.86. The molecule has 0 heterocycles. The Morgan fingerprint density at radius 1 is 1.12 bits per heavy atom. The van der Waals surface area contributed by atoms with Gasteiger partial charge in [0.2, 0.25) is 0 Å². The van der Waals surface area contributed by atoms with Gasteiger partial charge in [0, 0.05) is 0 Å². The van der Waals surface area contributed by atoms with Crippen LogP contribution in [-0.4, -0.2) is 16.8 Å². The topological polar surface area (TPSA) is 29.5 Å². The van der Waals surface area contributed by atoms with E-state index in [0.717, 1.165) is 24.2 Å². The van der Waals surface area contributed by atoms with Gasteiger partial charge in [0.1, 0.15) is 23.0 Å². The summed E-state index contributed by atoms with van der Waals surface area (Å²) >= 11 is 2.09. The lowest BCUT2D eigenvalue weighted by Crippen LogP contribution is -2.52. The summed E-state index contributed by atoms with van der Waals surface area (Å²) in [4.78, 5) is 0. The number of fused-ring (bicyclic) bond motifs is 5. The second-order valence-electron chi connectivity index (χ2n) is 10.5. The summed E-state index contributed by atoms with van der Waals surface area (Å²) in [7, 11) is 0. The van der Waals surface area contributed by atoms with E-state index in [1.165, 1.54) is 44.9 Å². The van der Waals surface area contributed by atoms with Gasteiger partial charge in [-0.2, -0.15) is 0 Å². The minimum atomic E-state index is -0.536. The molecule has 0 aromatic heterocycles. The first-order valence-electron chi connectivity index (χ1n) is 10.4. The molecule has 4 unspecified atom stereocenters. The van der Waals surface area contributed by atoms with Crippen LogP contribution in [0, 0.1) is 34.5 Å². The molecule has 3 fully saturated rings. The molecule has 0 bridgehead atoms. The molecule has 1 N–H and O–H groups in total. The molecule has 0 saturated heterocycles. The standard InChI is InChI=1S/C22H35IO2/c1-20(2,24)19-8-7-17-16-6-5-14-13-15(25-23)9-11-21(14,3)18(16)10-12-22(17,19)4/h5,15-19,24H,6-13H2,1-4H3/t15-,16?,17?,18?,19?,21-,22-/m0/s1. The zero-order chi connectivity index (χ0) is 18.0.